The molecule has 0 fully saturated rings. The highest BCUT2D eigenvalue weighted by molar-refractivity contribution is 7.96. The largest absolute Gasteiger partial charge is 0.345 e. The summed E-state index contributed by atoms with van der Waals surface area (Å²) >= 11 is 3.53. The van der Waals surface area contributed by atoms with Crippen molar-refractivity contribution in [2.24, 2.45) is 0 Å². The van der Waals surface area contributed by atoms with E-state index < -0.39 is 0 Å². The second-order valence-electron chi connectivity index (χ2n) is 1.86. The normalized spacial score (nSPS) is 9.55. The van der Waals surface area contributed by atoms with E-state index in [1.54, 1.807) is 12.4 Å². The van der Waals surface area contributed by atoms with Gasteiger partial charge < -0.3 is 5.32 Å². The number of carbonyl (C=O) groups excluding carboxylic acids is 1. The van der Waals surface area contributed by atoms with Crippen LogP contribution >= 0.6 is 12.6 Å². The van der Waals surface area contributed by atoms with Crippen LogP contribution in [0.15, 0.2) is 12.4 Å². The zero-order valence-electron chi connectivity index (χ0n) is 5.77. The molecule has 0 aliphatic rings. The van der Waals surface area contributed by atoms with Crippen molar-refractivity contribution in [3.63, 3.8) is 0 Å². The molecule has 0 bridgehead atoms. The second-order valence-corrected chi connectivity index (χ2v) is 2.26. The molecule has 0 aliphatic carbocycles. The lowest BCUT2D eigenvalue weighted by Crippen LogP contribution is -2.22. The Morgan fingerprint density at radius 1 is 1.55 bits per heavy atom. The highest BCUT2D eigenvalue weighted by Gasteiger charge is 1.92. The Morgan fingerprint density at radius 2 is 2.18 bits per heavy atom. The molecule has 0 aliphatic heterocycles. The van der Waals surface area contributed by atoms with Crippen molar-refractivity contribution in [1.82, 2.24) is 20.3 Å². The molecule has 0 unspecified atom stereocenters. The fraction of sp³-hybridized carbons (Fsp3) is 0.400. The maximum Gasteiger partial charge on any atom is 0.276 e. The van der Waals surface area contributed by atoms with Gasteiger partial charge in [-0.05, 0) is 0 Å². The SMILES string of the molecule is O=C(S)NCCn1nccn1. The predicted molar refractivity (Wildman–Crippen MR) is 42.4 cm³/mol. The first-order valence-electron chi connectivity index (χ1n) is 3.10. The molecular formula is C5H8N4OS. The monoisotopic (exact) mass is 172 g/mol. The van der Waals surface area contributed by atoms with Gasteiger partial charge in [-0.2, -0.15) is 15.0 Å². The van der Waals surface area contributed by atoms with Crippen molar-refractivity contribution in [1.29, 1.82) is 0 Å². The molecule has 0 saturated heterocycles. The molecule has 1 N–H and O–H groups in total. The average molecular weight is 172 g/mol. The number of nitrogens with zero attached hydrogens (tertiary/aromatic N) is 3. The van der Waals surface area contributed by atoms with Crippen LogP contribution in [0, 0.1) is 0 Å². The Bertz CT molecular complexity index is 222. The molecule has 1 aromatic heterocycles. The number of nitrogens with one attached hydrogen (secondary N) is 1. The van der Waals surface area contributed by atoms with Crippen molar-refractivity contribution in [3.05, 3.63) is 12.4 Å². The summed E-state index contributed by atoms with van der Waals surface area (Å²) in [4.78, 5) is 11.8. The third-order valence-electron chi connectivity index (χ3n) is 1.05. The number of aromatic nitrogens is 3. The zero-order chi connectivity index (χ0) is 8.10. The van der Waals surface area contributed by atoms with Crippen LogP contribution < -0.4 is 5.32 Å². The molecule has 0 atom stereocenters. The van der Waals surface area contributed by atoms with Gasteiger partial charge in [0.05, 0.1) is 18.9 Å². The van der Waals surface area contributed by atoms with E-state index in [0.29, 0.717) is 13.1 Å². The number of hydrogen-bond donors (Lipinski definition) is 2. The number of amides is 1. The Balaban J connectivity index is 2.19. The number of rotatable bonds is 3. The summed E-state index contributed by atoms with van der Waals surface area (Å²) in [5, 5.41) is 9.86. The first-order valence-corrected chi connectivity index (χ1v) is 3.54. The first kappa shape index (κ1) is 8.06. The Morgan fingerprint density at radius 3 is 2.73 bits per heavy atom. The van der Waals surface area contributed by atoms with Crippen LogP contribution in [-0.2, 0) is 6.54 Å². The minimum Gasteiger partial charge on any atom is -0.345 e. The summed E-state index contributed by atoms with van der Waals surface area (Å²) in [6.45, 7) is 1.07. The lowest BCUT2D eigenvalue weighted by Gasteiger charge is -1.98. The molecule has 5 nitrogen and oxygen atoms in total. The van der Waals surface area contributed by atoms with Gasteiger partial charge in [-0.1, -0.05) is 12.6 Å². The lowest BCUT2D eigenvalue weighted by atomic mass is 10.6. The van der Waals surface area contributed by atoms with Crippen LogP contribution in [0.2, 0.25) is 0 Å². The maximum absolute atomic E-state index is 10.3. The first-order chi connectivity index (χ1) is 5.29. The fourth-order valence-corrected chi connectivity index (χ4v) is 0.733. The molecule has 11 heavy (non-hydrogen) atoms. The summed E-state index contributed by atoms with van der Waals surface area (Å²) in [5.41, 5.74) is 0. The van der Waals surface area contributed by atoms with E-state index in [0.717, 1.165) is 0 Å². The summed E-state index contributed by atoms with van der Waals surface area (Å²) in [7, 11) is 0. The van der Waals surface area contributed by atoms with Crippen LogP contribution in [0.3, 0.4) is 0 Å². The number of hydrogen-bond acceptors (Lipinski definition) is 3. The zero-order valence-corrected chi connectivity index (χ0v) is 6.66. The second kappa shape index (κ2) is 3.97. The summed E-state index contributed by atoms with van der Waals surface area (Å²) in [6.07, 6.45) is 3.17. The summed E-state index contributed by atoms with van der Waals surface area (Å²) < 4.78 is 0. The van der Waals surface area contributed by atoms with Gasteiger partial charge in [0, 0.05) is 6.54 Å². The molecule has 0 radical (unpaired) electrons. The predicted octanol–water partition coefficient (Wildman–Crippen LogP) is -0.0825. The quantitative estimate of drug-likeness (QED) is 0.627. The Hall–Kier alpha value is -1.04. The van der Waals surface area contributed by atoms with Gasteiger partial charge in [-0.15, -0.1) is 0 Å². The minimum absolute atomic E-state index is 0.336. The molecule has 6 heteroatoms. The molecule has 1 rings (SSSR count). The molecule has 0 aromatic carbocycles. The van der Waals surface area contributed by atoms with Crippen molar-refractivity contribution >= 4 is 17.9 Å². The molecule has 1 amide bonds. The van der Waals surface area contributed by atoms with E-state index >= 15 is 0 Å². The van der Waals surface area contributed by atoms with E-state index in [9.17, 15) is 4.79 Å². The molecule has 60 valence electrons. The van der Waals surface area contributed by atoms with E-state index in [1.807, 2.05) is 0 Å². The van der Waals surface area contributed by atoms with Gasteiger partial charge in [-0.3, -0.25) is 4.79 Å². The Labute approximate surface area is 69.2 Å². The molecule has 0 saturated carbocycles. The van der Waals surface area contributed by atoms with Crippen molar-refractivity contribution in [2.45, 2.75) is 6.54 Å². The topological polar surface area (TPSA) is 59.8 Å². The lowest BCUT2D eigenvalue weighted by molar-refractivity contribution is 0.260. The molecule has 1 aromatic rings. The van der Waals surface area contributed by atoms with Gasteiger partial charge >= 0.3 is 0 Å². The van der Waals surface area contributed by atoms with Crippen LogP contribution in [0.5, 0.6) is 0 Å². The van der Waals surface area contributed by atoms with Crippen LogP contribution in [-0.4, -0.2) is 26.8 Å². The van der Waals surface area contributed by atoms with Crippen molar-refractivity contribution in [2.75, 3.05) is 6.54 Å². The van der Waals surface area contributed by atoms with Gasteiger partial charge in [0.15, 0.2) is 0 Å². The van der Waals surface area contributed by atoms with E-state index in [1.165, 1.54) is 4.80 Å². The molecular weight excluding hydrogens is 164 g/mol. The third kappa shape index (κ3) is 3.03. The van der Waals surface area contributed by atoms with Gasteiger partial charge in [0.2, 0.25) is 0 Å². The van der Waals surface area contributed by atoms with Crippen molar-refractivity contribution < 1.29 is 4.79 Å². The van der Waals surface area contributed by atoms with E-state index in [2.05, 4.69) is 28.1 Å². The molecule has 1 heterocycles. The smallest absolute Gasteiger partial charge is 0.276 e. The highest BCUT2D eigenvalue weighted by Crippen LogP contribution is 1.78. The van der Waals surface area contributed by atoms with Crippen molar-refractivity contribution in [3.8, 4) is 0 Å². The van der Waals surface area contributed by atoms with E-state index in [-0.39, 0.29) is 5.24 Å². The van der Waals surface area contributed by atoms with Gasteiger partial charge in [0.1, 0.15) is 0 Å². The average Bonchev–Trinajstić information content (AvgIpc) is 2.39. The fourth-order valence-electron chi connectivity index (χ4n) is 0.622. The minimum atomic E-state index is -0.336. The standard InChI is InChI=1S/C5H8N4OS/c10-5(11)6-3-4-9-7-1-2-8-9/h1-2H,3-4H2,(H2,6,10,11). The van der Waals surface area contributed by atoms with Crippen LogP contribution in [0.25, 0.3) is 0 Å². The maximum atomic E-state index is 10.3. The van der Waals surface area contributed by atoms with Gasteiger partial charge in [0.25, 0.3) is 5.24 Å². The van der Waals surface area contributed by atoms with E-state index in [4.69, 9.17) is 0 Å². The van der Waals surface area contributed by atoms with Crippen LogP contribution in [0.4, 0.5) is 4.79 Å². The summed E-state index contributed by atoms with van der Waals surface area (Å²) in [6, 6.07) is 0. The molecule has 0 spiro atoms. The Kier molecular flexibility index (Phi) is 2.91. The third-order valence-corrected chi connectivity index (χ3v) is 1.21. The van der Waals surface area contributed by atoms with Gasteiger partial charge in [-0.25, -0.2) is 0 Å². The number of carbonyl (C=O) groups is 1. The number of thiol groups is 1. The highest BCUT2D eigenvalue weighted by atomic mass is 32.1. The summed E-state index contributed by atoms with van der Waals surface area (Å²) in [5.74, 6) is 0. The van der Waals surface area contributed by atoms with Crippen LogP contribution in [0.1, 0.15) is 0 Å².